The maximum absolute atomic E-state index is 13.4. The molecule has 0 saturated heterocycles. The molecule has 2 aliphatic carbocycles. The van der Waals surface area contributed by atoms with Gasteiger partial charge in [-0.05, 0) is 36.8 Å². The molecular weight excluding hydrogens is 317 g/mol. The highest BCUT2D eigenvalue weighted by atomic mass is 35.5. The Balaban J connectivity index is 1.69. The second kappa shape index (κ2) is 4.10. The molecule has 1 spiro atoms. The molecule has 112 valence electrons. The first-order chi connectivity index (χ1) is 9.90. The summed E-state index contributed by atoms with van der Waals surface area (Å²) >= 11 is 5.71. The molecule has 2 fully saturated rings. The number of hydrogen-bond acceptors (Lipinski definition) is 3. The lowest BCUT2D eigenvalue weighted by atomic mass is 9.81. The van der Waals surface area contributed by atoms with Crippen molar-refractivity contribution in [3.63, 3.8) is 0 Å². The van der Waals surface area contributed by atoms with Gasteiger partial charge in [0.2, 0.25) is 5.96 Å². The Morgan fingerprint density at radius 1 is 1.38 bits per heavy atom. The lowest BCUT2D eigenvalue weighted by molar-refractivity contribution is 0.278. The van der Waals surface area contributed by atoms with E-state index in [0.717, 1.165) is 25.3 Å². The van der Waals surface area contributed by atoms with Crippen molar-refractivity contribution in [3.05, 3.63) is 23.0 Å². The number of halogens is 2. The van der Waals surface area contributed by atoms with E-state index in [9.17, 15) is 12.8 Å². The highest BCUT2D eigenvalue weighted by Crippen LogP contribution is 2.62. The number of anilines is 1. The average Bonchev–Trinajstić information content (AvgIpc) is 3.05. The van der Waals surface area contributed by atoms with E-state index >= 15 is 0 Å². The molecular formula is C13H13ClFN3O2S. The van der Waals surface area contributed by atoms with Crippen molar-refractivity contribution >= 4 is 33.3 Å². The van der Waals surface area contributed by atoms with Crippen LogP contribution in [0.25, 0.3) is 0 Å². The number of sulfonamides is 1. The lowest BCUT2D eigenvalue weighted by Crippen LogP contribution is -2.41. The van der Waals surface area contributed by atoms with E-state index in [1.54, 1.807) is 0 Å². The summed E-state index contributed by atoms with van der Waals surface area (Å²) in [7, 11) is -3.82. The summed E-state index contributed by atoms with van der Waals surface area (Å²) < 4.78 is 40.1. The molecule has 8 heteroatoms. The van der Waals surface area contributed by atoms with Crippen LogP contribution in [0.1, 0.15) is 25.7 Å². The van der Waals surface area contributed by atoms with Gasteiger partial charge in [-0.15, -0.1) is 0 Å². The average molecular weight is 330 g/mol. The van der Waals surface area contributed by atoms with Gasteiger partial charge in [0.1, 0.15) is 10.7 Å². The predicted octanol–water partition coefficient (Wildman–Crippen LogP) is 2.48. The van der Waals surface area contributed by atoms with Crippen LogP contribution in [0.15, 0.2) is 22.0 Å². The zero-order valence-electron chi connectivity index (χ0n) is 11.0. The van der Waals surface area contributed by atoms with Crippen molar-refractivity contribution in [2.45, 2.75) is 36.6 Å². The maximum atomic E-state index is 13.4. The number of hydrogen-bond donors (Lipinski definition) is 2. The van der Waals surface area contributed by atoms with E-state index in [0.29, 0.717) is 5.41 Å². The standard InChI is InChI=1S/C13H13ClFN3O2S/c14-7-4-9-10(5-8(7)15)21(19,20)18-12(16-9)17-11-6-13(11)2-1-3-13/h4-5,11H,1-3,6H2,(H2,16,17,18)/t11-/m0/s1. The Morgan fingerprint density at radius 3 is 2.76 bits per heavy atom. The Labute approximate surface area is 126 Å². The van der Waals surface area contributed by atoms with Gasteiger partial charge in [0.15, 0.2) is 0 Å². The fourth-order valence-electron chi connectivity index (χ4n) is 3.08. The molecule has 5 nitrogen and oxygen atoms in total. The molecule has 21 heavy (non-hydrogen) atoms. The summed E-state index contributed by atoms with van der Waals surface area (Å²) in [4.78, 5) is 4.29. The molecule has 0 aromatic heterocycles. The van der Waals surface area contributed by atoms with E-state index in [1.165, 1.54) is 12.5 Å². The van der Waals surface area contributed by atoms with Gasteiger partial charge in [0.25, 0.3) is 10.0 Å². The largest absolute Gasteiger partial charge is 0.324 e. The number of benzene rings is 1. The Bertz CT molecular complexity index is 774. The van der Waals surface area contributed by atoms with Crippen molar-refractivity contribution in [1.82, 2.24) is 4.72 Å². The zero-order chi connectivity index (χ0) is 14.8. The van der Waals surface area contributed by atoms with Crippen LogP contribution in [-0.4, -0.2) is 20.4 Å². The molecule has 1 atom stereocenters. The zero-order valence-corrected chi connectivity index (χ0v) is 12.6. The Hall–Kier alpha value is -1.34. The second-order valence-corrected chi connectivity index (χ2v) is 7.96. The highest BCUT2D eigenvalue weighted by molar-refractivity contribution is 7.90. The molecule has 0 unspecified atom stereocenters. The van der Waals surface area contributed by atoms with Crippen LogP contribution in [0.4, 0.5) is 10.1 Å². The molecule has 2 saturated carbocycles. The SMILES string of the molecule is O=S1(=O)NC(=N[C@H]2CC23CCC3)Nc2cc(Cl)c(F)cc21. The molecule has 1 heterocycles. The van der Waals surface area contributed by atoms with Crippen LogP contribution >= 0.6 is 11.6 Å². The van der Waals surface area contributed by atoms with E-state index in [2.05, 4.69) is 15.0 Å². The molecule has 0 radical (unpaired) electrons. The number of fused-ring (bicyclic) bond motifs is 1. The van der Waals surface area contributed by atoms with Crippen LogP contribution in [0.5, 0.6) is 0 Å². The first-order valence-corrected chi connectivity index (χ1v) is 8.62. The molecule has 3 aliphatic rings. The molecule has 1 aliphatic heterocycles. The number of rotatable bonds is 1. The second-order valence-electron chi connectivity index (χ2n) is 5.91. The van der Waals surface area contributed by atoms with E-state index in [-0.39, 0.29) is 27.6 Å². The monoisotopic (exact) mass is 329 g/mol. The molecule has 1 aromatic rings. The highest BCUT2D eigenvalue weighted by Gasteiger charge is 2.58. The van der Waals surface area contributed by atoms with E-state index in [4.69, 9.17) is 11.6 Å². The summed E-state index contributed by atoms with van der Waals surface area (Å²) in [5, 5.41) is 2.76. The van der Waals surface area contributed by atoms with Crippen LogP contribution in [0.3, 0.4) is 0 Å². The van der Waals surface area contributed by atoms with E-state index < -0.39 is 15.8 Å². The van der Waals surface area contributed by atoms with Gasteiger partial charge in [-0.25, -0.2) is 22.5 Å². The van der Waals surface area contributed by atoms with Gasteiger partial charge < -0.3 is 5.32 Å². The van der Waals surface area contributed by atoms with Crippen LogP contribution in [0, 0.1) is 11.2 Å². The molecule has 1 aromatic carbocycles. The smallest absolute Gasteiger partial charge is 0.266 e. The quantitative estimate of drug-likeness (QED) is 0.831. The third kappa shape index (κ3) is 2.02. The predicted molar refractivity (Wildman–Crippen MR) is 77.5 cm³/mol. The normalized spacial score (nSPS) is 29.2. The Kier molecular flexibility index (Phi) is 2.60. The fraction of sp³-hybridized carbons (Fsp3) is 0.462. The minimum atomic E-state index is -3.82. The van der Waals surface area contributed by atoms with E-state index in [1.807, 2.05) is 0 Å². The fourth-order valence-corrected chi connectivity index (χ4v) is 4.37. The number of nitrogens with zero attached hydrogens (tertiary/aromatic N) is 1. The number of aliphatic imine (C=N–C) groups is 1. The number of guanidine groups is 1. The van der Waals surface area contributed by atoms with Crippen molar-refractivity contribution < 1.29 is 12.8 Å². The molecule has 4 rings (SSSR count). The van der Waals surface area contributed by atoms with Gasteiger partial charge >= 0.3 is 0 Å². The first kappa shape index (κ1) is 13.3. The van der Waals surface area contributed by atoms with Gasteiger partial charge in [0.05, 0.1) is 16.8 Å². The van der Waals surface area contributed by atoms with Crippen LogP contribution in [0.2, 0.25) is 5.02 Å². The molecule has 0 bridgehead atoms. The number of nitrogens with one attached hydrogen (secondary N) is 2. The minimum absolute atomic E-state index is 0.125. The third-order valence-corrected chi connectivity index (χ3v) is 6.25. The van der Waals surface area contributed by atoms with Crippen molar-refractivity contribution in [3.8, 4) is 0 Å². The van der Waals surface area contributed by atoms with Crippen molar-refractivity contribution in [2.75, 3.05) is 5.32 Å². The van der Waals surface area contributed by atoms with Gasteiger partial charge in [-0.1, -0.05) is 18.0 Å². The summed E-state index contributed by atoms with van der Waals surface area (Å²) in [5.74, 6) is -0.572. The third-order valence-electron chi connectivity index (χ3n) is 4.58. The summed E-state index contributed by atoms with van der Waals surface area (Å²) in [5.41, 5.74) is 0.558. The topological polar surface area (TPSA) is 70.6 Å². The summed E-state index contributed by atoms with van der Waals surface area (Å²) in [6.07, 6.45) is 4.55. The first-order valence-electron chi connectivity index (χ1n) is 6.76. The summed E-state index contributed by atoms with van der Waals surface area (Å²) in [6, 6.07) is 2.36. The van der Waals surface area contributed by atoms with Crippen LogP contribution < -0.4 is 10.0 Å². The maximum Gasteiger partial charge on any atom is 0.266 e. The van der Waals surface area contributed by atoms with Crippen molar-refractivity contribution in [1.29, 1.82) is 0 Å². The molecule has 2 N–H and O–H groups in total. The van der Waals surface area contributed by atoms with Gasteiger partial charge in [-0.3, -0.25) is 0 Å². The molecule has 0 amide bonds. The summed E-state index contributed by atoms with van der Waals surface area (Å²) in [6.45, 7) is 0. The van der Waals surface area contributed by atoms with Gasteiger partial charge in [0, 0.05) is 0 Å². The van der Waals surface area contributed by atoms with Gasteiger partial charge in [-0.2, -0.15) is 0 Å². The minimum Gasteiger partial charge on any atom is -0.324 e. The van der Waals surface area contributed by atoms with Crippen LogP contribution in [-0.2, 0) is 10.0 Å². The Morgan fingerprint density at radius 2 is 2.14 bits per heavy atom. The van der Waals surface area contributed by atoms with Crippen molar-refractivity contribution in [2.24, 2.45) is 10.4 Å². The lowest BCUT2D eigenvalue weighted by Gasteiger charge is -2.26.